The van der Waals surface area contributed by atoms with Crippen LogP contribution in [-0.4, -0.2) is 50.9 Å². The highest BCUT2D eigenvalue weighted by Gasteiger charge is 2.24. The van der Waals surface area contributed by atoms with Gasteiger partial charge in [-0.25, -0.2) is 0 Å². The molecule has 0 spiro atoms. The van der Waals surface area contributed by atoms with Crippen molar-refractivity contribution in [3.63, 3.8) is 0 Å². The SMILES string of the molecule is CN(C(=O)c1cccc2nccnc12)[C@H](CCNC(=O)c1cccn1C)Cc1ccccc1. The van der Waals surface area contributed by atoms with Gasteiger partial charge in [-0.05, 0) is 42.7 Å². The minimum Gasteiger partial charge on any atom is -0.351 e. The van der Waals surface area contributed by atoms with Crippen LogP contribution in [0.2, 0.25) is 0 Å². The van der Waals surface area contributed by atoms with Crippen LogP contribution in [0, 0.1) is 0 Å². The molecule has 7 heteroatoms. The van der Waals surface area contributed by atoms with Gasteiger partial charge in [0.05, 0.1) is 11.1 Å². The zero-order valence-electron chi connectivity index (χ0n) is 18.8. The summed E-state index contributed by atoms with van der Waals surface area (Å²) in [6.45, 7) is 0.453. The molecule has 0 saturated heterocycles. The summed E-state index contributed by atoms with van der Waals surface area (Å²) in [6.07, 6.45) is 6.35. The third kappa shape index (κ3) is 5.09. The Hall–Kier alpha value is -4.00. The van der Waals surface area contributed by atoms with E-state index in [1.54, 1.807) is 34.0 Å². The average molecular weight is 442 g/mol. The predicted molar refractivity (Wildman–Crippen MR) is 128 cm³/mol. The lowest BCUT2D eigenvalue weighted by Crippen LogP contribution is -2.41. The Morgan fingerprint density at radius 2 is 1.79 bits per heavy atom. The molecule has 2 heterocycles. The van der Waals surface area contributed by atoms with Gasteiger partial charge in [0.15, 0.2) is 0 Å². The van der Waals surface area contributed by atoms with E-state index in [1.807, 2.05) is 56.7 Å². The molecule has 2 aromatic heterocycles. The van der Waals surface area contributed by atoms with Gasteiger partial charge < -0.3 is 14.8 Å². The fourth-order valence-corrected chi connectivity index (χ4v) is 3.98. The summed E-state index contributed by atoms with van der Waals surface area (Å²) in [5.74, 6) is -0.241. The van der Waals surface area contributed by atoms with E-state index >= 15 is 0 Å². The number of benzene rings is 2. The number of aromatic nitrogens is 3. The molecule has 0 aliphatic rings. The molecule has 7 nitrogen and oxygen atoms in total. The number of aryl methyl sites for hydroxylation is 1. The number of nitrogens with one attached hydrogen (secondary N) is 1. The van der Waals surface area contributed by atoms with E-state index in [9.17, 15) is 9.59 Å². The molecule has 2 amide bonds. The molecule has 1 N–H and O–H groups in total. The second-order valence-electron chi connectivity index (χ2n) is 8.04. The summed E-state index contributed by atoms with van der Waals surface area (Å²) in [7, 11) is 3.65. The summed E-state index contributed by atoms with van der Waals surface area (Å²) in [4.78, 5) is 36.4. The van der Waals surface area contributed by atoms with Crippen molar-refractivity contribution < 1.29 is 9.59 Å². The van der Waals surface area contributed by atoms with Crippen LogP contribution in [0.3, 0.4) is 0 Å². The number of rotatable bonds is 8. The molecular weight excluding hydrogens is 414 g/mol. The average Bonchev–Trinajstić information content (AvgIpc) is 3.28. The Labute approximate surface area is 193 Å². The minimum absolute atomic E-state index is 0.111. The maximum atomic E-state index is 13.5. The van der Waals surface area contributed by atoms with Gasteiger partial charge in [-0.3, -0.25) is 19.6 Å². The summed E-state index contributed by atoms with van der Waals surface area (Å²) >= 11 is 0. The molecule has 0 aliphatic carbocycles. The number of likely N-dealkylation sites (N-methyl/N-ethyl adjacent to an activating group) is 1. The minimum atomic E-state index is -0.126. The Kier molecular flexibility index (Phi) is 6.78. The number of hydrogen-bond donors (Lipinski definition) is 1. The van der Waals surface area contributed by atoms with Crippen molar-refractivity contribution in [2.24, 2.45) is 7.05 Å². The fraction of sp³-hybridized carbons (Fsp3) is 0.231. The van der Waals surface area contributed by atoms with Crippen molar-refractivity contribution >= 4 is 22.8 Å². The molecule has 0 saturated carbocycles. The number of fused-ring (bicyclic) bond motifs is 1. The normalized spacial score (nSPS) is 11.8. The van der Waals surface area contributed by atoms with Gasteiger partial charge in [-0.2, -0.15) is 0 Å². The van der Waals surface area contributed by atoms with Crippen LogP contribution in [0.5, 0.6) is 0 Å². The maximum absolute atomic E-state index is 13.5. The highest BCUT2D eigenvalue weighted by atomic mass is 16.2. The Bertz CT molecular complexity index is 1250. The number of carbonyl (C=O) groups excluding carboxylic acids is 2. The first-order valence-corrected chi connectivity index (χ1v) is 10.9. The fourth-order valence-electron chi connectivity index (χ4n) is 3.98. The van der Waals surface area contributed by atoms with Crippen LogP contribution < -0.4 is 5.32 Å². The molecule has 1 atom stereocenters. The lowest BCUT2D eigenvalue weighted by atomic mass is 10.0. The zero-order chi connectivity index (χ0) is 23.2. The van der Waals surface area contributed by atoms with Gasteiger partial charge in [-0.15, -0.1) is 0 Å². The molecule has 168 valence electrons. The predicted octanol–water partition coefficient (Wildman–Crippen LogP) is 3.47. The van der Waals surface area contributed by atoms with E-state index in [1.165, 1.54) is 0 Å². The molecule has 4 rings (SSSR count). The first-order chi connectivity index (χ1) is 16.0. The lowest BCUT2D eigenvalue weighted by Gasteiger charge is -2.29. The van der Waals surface area contributed by atoms with E-state index in [4.69, 9.17) is 0 Å². The van der Waals surface area contributed by atoms with Crippen molar-refractivity contribution in [2.45, 2.75) is 18.9 Å². The van der Waals surface area contributed by atoms with E-state index in [0.29, 0.717) is 41.7 Å². The highest BCUT2D eigenvalue weighted by molar-refractivity contribution is 6.04. The van der Waals surface area contributed by atoms with Crippen molar-refractivity contribution in [1.82, 2.24) is 24.8 Å². The van der Waals surface area contributed by atoms with Crippen LogP contribution >= 0.6 is 0 Å². The van der Waals surface area contributed by atoms with Crippen molar-refractivity contribution in [3.8, 4) is 0 Å². The molecule has 0 radical (unpaired) electrons. The Balaban J connectivity index is 1.52. The molecule has 0 bridgehead atoms. The molecule has 0 unspecified atom stereocenters. The first-order valence-electron chi connectivity index (χ1n) is 10.9. The smallest absolute Gasteiger partial charge is 0.267 e. The second kappa shape index (κ2) is 10.1. The van der Waals surface area contributed by atoms with Gasteiger partial charge in [0.25, 0.3) is 11.8 Å². The third-order valence-corrected chi connectivity index (χ3v) is 5.85. The Morgan fingerprint density at radius 1 is 1.00 bits per heavy atom. The monoisotopic (exact) mass is 441 g/mol. The van der Waals surface area contributed by atoms with Crippen molar-refractivity contribution in [1.29, 1.82) is 0 Å². The van der Waals surface area contributed by atoms with E-state index in [-0.39, 0.29) is 17.9 Å². The molecular formula is C26H27N5O2. The van der Waals surface area contributed by atoms with E-state index in [0.717, 1.165) is 5.56 Å². The molecule has 2 aromatic carbocycles. The summed E-state index contributed by atoms with van der Waals surface area (Å²) in [5, 5.41) is 2.99. The van der Waals surface area contributed by atoms with Crippen LogP contribution in [0.15, 0.2) is 79.3 Å². The van der Waals surface area contributed by atoms with Gasteiger partial charge >= 0.3 is 0 Å². The number of nitrogens with zero attached hydrogens (tertiary/aromatic N) is 4. The third-order valence-electron chi connectivity index (χ3n) is 5.85. The van der Waals surface area contributed by atoms with Crippen LogP contribution in [0.1, 0.15) is 32.8 Å². The highest BCUT2D eigenvalue weighted by Crippen LogP contribution is 2.19. The molecule has 0 aliphatic heterocycles. The summed E-state index contributed by atoms with van der Waals surface area (Å²) < 4.78 is 1.79. The molecule has 0 fully saturated rings. The van der Waals surface area contributed by atoms with Gasteiger partial charge in [0.1, 0.15) is 11.2 Å². The maximum Gasteiger partial charge on any atom is 0.267 e. The lowest BCUT2D eigenvalue weighted by molar-refractivity contribution is 0.0724. The van der Waals surface area contributed by atoms with Crippen LogP contribution in [0.25, 0.3) is 11.0 Å². The number of carbonyl (C=O) groups is 2. The topological polar surface area (TPSA) is 80.1 Å². The Morgan fingerprint density at radius 3 is 2.55 bits per heavy atom. The zero-order valence-corrected chi connectivity index (χ0v) is 18.8. The van der Waals surface area contributed by atoms with Crippen LogP contribution in [-0.2, 0) is 13.5 Å². The number of amides is 2. The van der Waals surface area contributed by atoms with Crippen molar-refractivity contribution in [3.05, 3.63) is 96.1 Å². The second-order valence-corrected chi connectivity index (χ2v) is 8.04. The summed E-state index contributed by atoms with van der Waals surface area (Å²) in [6, 6.07) is 19.0. The van der Waals surface area contributed by atoms with Gasteiger partial charge in [-0.1, -0.05) is 36.4 Å². The molecule has 4 aromatic rings. The quantitative estimate of drug-likeness (QED) is 0.454. The molecule has 33 heavy (non-hydrogen) atoms. The van der Waals surface area contributed by atoms with Crippen molar-refractivity contribution in [2.75, 3.05) is 13.6 Å². The summed E-state index contributed by atoms with van der Waals surface area (Å²) in [5.41, 5.74) is 3.54. The van der Waals surface area contributed by atoms with E-state index < -0.39 is 0 Å². The van der Waals surface area contributed by atoms with Gasteiger partial charge in [0.2, 0.25) is 0 Å². The van der Waals surface area contributed by atoms with E-state index in [2.05, 4.69) is 27.4 Å². The standard InChI is InChI=1S/C26H27N5O2/c1-30-17-7-12-23(30)25(32)29-14-13-20(18-19-8-4-3-5-9-19)31(2)26(33)21-10-6-11-22-24(21)28-16-15-27-22/h3-12,15-17,20H,13-14,18H2,1-2H3,(H,29,32)/t20-/m1/s1. The first kappa shape index (κ1) is 22.2. The van der Waals surface area contributed by atoms with Gasteiger partial charge in [0, 0.05) is 45.3 Å². The number of para-hydroxylation sites is 1. The number of hydrogen-bond acceptors (Lipinski definition) is 4. The largest absolute Gasteiger partial charge is 0.351 e. The van der Waals surface area contributed by atoms with Crippen LogP contribution in [0.4, 0.5) is 0 Å².